The zero-order valence-corrected chi connectivity index (χ0v) is 25.6. The normalized spacial score (nSPS) is 14.2. The topological polar surface area (TPSA) is 123 Å². The van der Waals surface area contributed by atoms with Crippen LogP contribution >= 0.6 is 0 Å². The van der Waals surface area contributed by atoms with Gasteiger partial charge in [0.15, 0.2) is 0 Å². The molecule has 0 unspecified atom stereocenters. The number of unbranched alkanes of at least 4 members (excludes halogenated alkanes) is 1. The van der Waals surface area contributed by atoms with Gasteiger partial charge in [-0.2, -0.15) is 0 Å². The van der Waals surface area contributed by atoms with E-state index >= 15 is 0 Å². The second-order valence-electron chi connectivity index (χ2n) is 11.5. The van der Waals surface area contributed by atoms with E-state index in [0.29, 0.717) is 17.4 Å². The molecule has 10 nitrogen and oxygen atoms in total. The fourth-order valence-corrected chi connectivity index (χ4v) is 6.11. The molecule has 1 fully saturated rings. The highest BCUT2D eigenvalue weighted by Gasteiger charge is 2.25. The van der Waals surface area contributed by atoms with E-state index in [1.165, 1.54) is 0 Å². The smallest absolute Gasteiger partial charge is 0.411 e. The van der Waals surface area contributed by atoms with Crippen molar-refractivity contribution in [1.82, 2.24) is 19.4 Å². The molecule has 2 N–H and O–H groups in total. The first-order valence-electron chi connectivity index (χ1n) is 15.5. The molecule has 1 saturated heterocycles. The highest BCUT2D eigenvalue weighted by molar-refractivity contribution is 5.90. The van der Waals surface area contributed by atoms with Crippen LogP contribution in [-0.4, -0.2) is 56.9 Å². The average molecular weight is 613 g/mol. The summed E-state index contributed by atoms with van der Waals surface area (Å²) in [4.78, 5) is 51.8. The molecule has 0 bridgehead atoms. The summed E-state index contributed by atoms with van der Waals surface area (Å²) in [6.07, 6.45) is 1.80. The number of nitrogens with one attached hydrogen (secondary N) is 1. The lowest BCUT2D eigenvalue weighted by Gasteiger charge is -2.34. The molecule has 3 aromatic carbocycles. The van der Waals surface area contributed by atoms with Crippen molar-refractivity contribution in [3.63, 3.8) is 0 Å². The van der Waals surface area contributed by atoms with Gasteiger partial charge in [-0.1, -0.05) is 72.8 Å². The van der Waals surface area contributed by atoms with Crippen LogP contribution in [0.1, 0.15) is 54.9 Å². The zero-order valence-electron chi connectivity index (χ0n) is 25.6. The molecular formula is C35H40N4O6. The molecule has 45 heavy (non-hydrogen) atoms. The number of benzene rings is 3. The minimum atomic E-state index is -1.47. The first-order chi connectivity index (χ1) is 21.8. The van der Waals surface area contributed by atoms with Crippen LogP contribution in [0.2, 0.25) is 0 Å². The van der Waals surface area contributed by atoms with E-state index in [1.54, 1.807) is 16.0 Å². The van der Waals surface area contributed by atoms with Crippen molar-refractivity contribution in [3.05, 3.63) is 116 Å². The number of ether oxygens (including phenoxy) is 1. The van der Waals surface area contributed by atoms with E-state index < -0.39 is 23.2 Å². The van der Waals surface area contributed by atoms with Crippen molar-refractivity contribution in [3.8, 4) is 0 Å². The third-order valence-electron chi connectivity index (χ3n) is 8.45. The molecule has 2 heterocycles. The molecular weight excluding hydrogens is 572 g/mol. The number of hydrogen-bond donors (Lipinski definition) is 2. The first-order valence-corrected chi connectivity index (χ1v) is 15.5. The number of hydrogen-bond acceptors (Lipinski definition) is 6. The number of imide groups is 1. The van der Waals surface area contributed by atoms with Crippen molar-refractivity contribution in [2.24, 2.45) is 0 Å². The van der Waals surface area contributed by atoms with Crippen LogP contribution in [0.3, 0.4) is 0 Å². The number of piperidine rings is 1. The number of nitrogens with zero attached hydrogens (tertiary/aromatic N) is 3. The Labute approximate surface area is 261 Å². The van der Waals surface area contributed by atoms with E-state index in [2.05, 4.69) is 29.2 Å². The molecule has 1 aromatic heterocycles. The summed E-state index contributed by atoms with van der Waals surface area (Å²) in [6, 6.07) is 26.1. The van der Waals surface area contributed by atoms with Gasteiger partial charge in [0.05, 0.1) is 17.0 Å². The van der Waals surface area contributed by atoms with Crippen molar-refractivity contribution in [1.29, 1.82) is 0 Å². The number of fused-ring (bicyclic) bond motifs is 1. The molecule has 236 valence electrons. The summed E-state index contributed by atoms with van der Waals surface area (Å²) >= 11 is 0. The average Bonchev–Trinajstić information content (AvgIpc) is 3.04. The molecule has 10 heteroatoms. The van der Waals surface area contributed by atoms with Crippen molar-refractivity contribution >= 4 is 22.9 Å². The minimum Gasteiger partial charge on any atom is -0.465 e. The first kappa shape index (κ1) is 31.9. The Kier molecular flexibility index (Phi) is 10.6. The molecule has 0 aliphatic carbocycles. The number of amides is 2. The largest absolute Gasteiger partial charge is 0.465 e. The van der Waals surface area contributed by atoms with Gasteiger partial charge in [0.1, 0.15) is 6.10 Å². The van der Waals surface area contributed by atoms with Gasteiger partial charge < -0.3 is 14.7 Å². The number of aromatic nitrogens is 2. The third-order valence-corrected chi connectivity index (χ3v) is 8.45. The van der Waals surface area contributed by atoms with Crippen LogP contribution in [0.25, 0.3) is 10.9 Å². The van der Waals surface area contributed by atoms with Crippen LogP contribution < -0.4 is 16.6 Å². The quantitative estimate of drug-likeness (QED) is 0.222. The van der Waals surface area contributed by atoms with Crippen molar-refractivity contribution in [2.75, 3.05) is 19.6 Å². The molecule has 1 aliphatic heterocycles. The summed E-state index contributed by atoms with van der Waals surface area (Å²) in [5, 5.41) is 11.0. The number of rotatable bonds is 12. The van der Waals surface area contributed by atoms with Gasteiger partial charge in [-0.3, -0.25) is 24.0 Å². The van der Waals surface area contributed by atoms with Gasteiger partial charge in [0.25, 0.3) is 5.56 Å². The van der Waals surface area contributed by atoms with Gasteiger partial charge in [-0.15, -0.1) is 0 Å². The van der Waals surface area contributed by atoms with Gasteiger partial charge in [-0.25, -0.2) is 9.59 Å². The number of carbonyl (C=O) groups is 2. The van der Waals surface area contributed by atoms with E-state index in [1.807, 2.05) is 55.5 Å². The molecule has 1 aliphatic rings. The second kappa shape index (κ2) is 15.0. The number of aryl methyl sites for hydroxylation is 2. The van der Waals surface area contributed by atoms with Crippen molar-refractivity contribution < 1.29 is 19.4 Å². The summed E-state index contributed by atoms with van der Waals surface area (Å²) in [5.74, 6) is -0.768. The summed E-state index contributed by atoms with van der Waals surface area (Å²) in [6.45, 7) is 4.81. The lowest BCUT2D eigenvalue weighted by Crippen LogP contribution is -2.42. The van der Waals surface area contributed by atoms with Gasteiger partial charge in [0, 0.05) is 32.6 Å². The molecule has 0 spiro atoms. The Balaban J connectivity index is 1.18. The minimum absolute atomic E-state index is 0.101. The molecule has 0 saturated carbocycles. The van der Waals surface area contributed by atoms with Crippen LogP contribution in [0.15, 0.2) is 88.5 Å². The van der Waals surface area contributed by atoms with E-state index in [0.717, 1.165) is 66.6 Å². The summed E-state index contributed by atoms with van der Waals surface area (Å²) in [5.41, 5.74) is 2.64. The fraction of sp³-hybridized carbons (Fsp3) is 0.371. The Hall–Kier alpha value is -4.54. The molecule has 0 atom stereocenters. The van der Waals surface area contributed by atoms with Gasteiger partial charge >= 0.3 is 11.8 Å². The van der Waals surface area contributed by atoms with Crippen LogP contribution in [0.4, 0.5) is 4.79 Å². The lowest BCUT2D eigenvalue weighted by atomic mass is 10.00. The Morgan fingerprint density at radius 2 is 1.47 bits per heavy atom. The van der Waals surface area contributed by atoms with Crippen molar-refractivity contribution in [2.45, 2.75) is 64.3 Å². The predicted octanol–water partition coefficient (Wildman–Crippen LogP) is 4.71. The van der Waals surface area contributed by atoms with E-state index in [-0.39, 0.29) is 25.2 Å². The number of carbonyl (C=O) groups excluding carboxylic acids is 1. The second-order valence-corrected chi connectivity index (χ2v) is 11.5. The Bertz CT molecular complexity index is 1690. The lowest BCUT2D eigenvalue weighted by molar-refractivity contribution is -0.120. The standard InChI is InChI=1S/C35H40N4O6/c1-25-11-10-16-29-31(25)33(41)39(24-19-30(40)36-34(42)43)35(44)38(29)21-9-8-20-37-22-17-28(18-23-37)45-32(26-12-4-2-5-13-26)27-14-6-3-7-15-27/h2-7,10-16,28,32H,8-9,17-24H2,1H3,(H,36,40)(H,42,43). The van der Waals surface area contributed by atoms with Crippen LogP contribution in [0, 0.1) is 6.92 Å². The van der Waals surface area contributed by atoms with E-state index in [9.17, 15) is 19.2 Å². The fourth-order valence-electron chi connectivity index (χ4n) is 6.11. The zero-order chi connectivity index (χ0) is 31.8. The number of carboxylic acid groups (broad SMARTS) is 1. The van der Waals surface area contributed by atoms with Crippen LogP contribution in [-0.2, 0) is 22.6 Å². The molecule has 5 rings (SSSR count). The molecule has 2 amide bonds. The molecule has 4 aromatic rings. The van der Waals surface area contributed by atoms with Gasteiger partial charge in [-0.05, 0) is 61.9 Å². The number of likely N-dealkylation sites (tertiary alicyclic amines) is 1. The van der Waals surface area contributed by atoms with E-state index in [4.69, 9.17) is 9.84 Å². The maximum Gasteiger partial charge on any atom is 0.411 e. The summed E-state index contributed by atoms with van der Waals surface area (Å²) < 4.78 is 9.33. The summed E-state index contributed by atoms with van der Waals surface area (Å²) in [7, 11) is 0. The Morgan fingerprint density at radius 1 is 0.844 bits per heavy atom. The van der Waals surface area contributed by atoms with Crippen LogP contribution in [0.5, 0.6) is 0 Å². The SMILES string of the molecule is Cc1cccc2c1c(=O)n(CCC(=O)NC(=O)O)c(=O)n2CCCCN1CCC(OC(c2ccccc2)c2ccccc2)CC1. The monoisotopic (exact) mass is 612 g/mol. The molecule has 0 radical (unpaired) electrons. The highest BCUT2D eigenvalue weighted by atomic mass is 16.5. The maximum atomic E-state index is 13.4. The van der Waals surface area contributed by atoms with Gasteiger partial charge in [0.2, 0.25) is 5.91 Å². The maximum absolute atomic E-state index is 13.4. The third kappa shape index (κ3) is 7.95. The highest BCUT2D eigenvalue weighted by Crippen LogP contribution is 2.30. The Morgan fingerprint density at radius 3 is 2.09 bits per heavy atom. The predicted molar refractivity (Wildman–Crippen MR) is 172 cm³/mol.